The molecule has 11 heteroatoms. The number of benzene rings is 2. The lowest BCUT2D eigenvalue weighted by atomic mass is 10.1. The molecule has 33 heavy (non-hydrogen) atoms. The molecule has 2 N–H and O–H groups in total. The van der Waals surface area contributed by atoms with E-state index >= 15 is 0 Å². The lowest BCUT2D eigenvalue weighted by molar-refractivity contribution is -0.384. The van der Waals surface area contributed by atoms with E-state index in [0.29, 0.717) is 11.3 Å². The molecular formula is C22H19N5O6. The number of nitrogens with one attached hydrogen (secondary N) is 2. The Morgan fingerprint density at radius 2 is 1.79 bits per heavy atom. The molecule has 0 spiro atoms. The highest BCUT2D eigenvalue weighted by atomic mass is 16.6. The van der Waals surface area contributed by atoms with E-state index in [1.165, 1.54) is 12.1 Å². The average Bonchev–Trinajstić information content (AvgIpc) is 3.03. The van der Waals surface area contributed by atoms with Crippen LogP contribution in [-0.2, 0) is 16.1 Å². The highest BCUT2D eigenvalue weighted by molar-refractivity contribution is 6.21. The molecule has 0 unspecified atom stereocenters. The van der Waals surface area contributed by atoms with Crippen LogP contribution in [0.3, 0.4) is 0 Å². The largest absolute Gasteiger partial charge is 0.352 e. The molecule has 0 fully saturated rings. The summed E-state index contributed by atoms with van der Waals surface area (Å²) in [6.45, 7) is 0.132. The molecule has 168 valence electrons. The Balaban J connectivity index is 1.51. The van der Waals surface area contributed by atoms with E-state index < -0.39 is 22.6 Å². The Hall–Kier alpha value is -4.59. The maximum absolute atomic E-state index is 12.5. The zero-order valence-electron chi connectivity index (χ0n) is 17.4. The number of non-ortho nitro benzene ring substituents is 1. The summed E-state index contributed by atoms with van der Waals surface area (Å²) < 4.78 is 0. The molecule has 0 atom stereocenters. The molecule has 0 aliphatic carbocycles. The van der Waals surface area contributed by atoms with Gasteiger partial charge in [0.25, 0.3) is 17.5 Å². The quantitative estimate of drug-likeness (QED) is 0.336. The second kappa shape index (κ2) is 10.1. The van der Waals surface area contributed by atoms with Crippen molar-refractivity contribution in [2.24, 2.45) is 0 Å². The molecule has 1 aliphatic rings. The van der Waals surface area contributed by atoms with Crippen molar-refractivity contribution in [2.45, 2.75) is 25.8 Å². The molecule has 0 bridgehead atoms. The number of nitriles is 1. The number of anilines is 1. The highest BCUT2D eigenvalue weighted by Crippen LogP contribution is 2.27. The molecule has 0 saturated carbocycles. The summed E-state index contributed by atoms with van der Waals surface area (Å²) in [5.41, 5.74) is 0.941. The minimum Gasteiger partial charge on any atom is -0.352 e. The highest BCUT2D eigenvalue weighted by Gasteiger charge is 2.36. The summed E-state index contributed by atoms with van der Waals surface area (Å²) in [4.78, 5) is 60.0. The van der Waals surface area contributed by atoms with Crippen molar-refractivity contribution in [3.05, 3.63) is 69.3 Å². The van der Waals surface area contributed by atoms with Crippen LogP contribution in [0.5, 0.6) is 0 Å². The van der Waals surface area contributed by atoms with Gasteiger partial charge >= 0.3 is 0 Å². The van der Waals surface area contributed by atoms with Crippen molar-refractivity contribution in [3.8, 4) is 6.07 Å². The fourth-order valence-corrected chi connectivity index (χ4v) is 3.34. The molecule has 11 nitrogen and oxygen atoms in total. The van der Waals surface area contributed by atoms with Crippen LogP contribution >= 0.6 is 0 Å². The third kappa shape index (κ3) is 5.37. The van der Waals surface area contributed by atoms with E-state index in [1.807, 2.05) is 0 Å². The number of nitrogens with zero attached hydrogens (tertiary/aromatic N) is 3. The fourth-order valence-electron chi connectivity index (χ4n) is 3.34. The van der Waals surface area contributed by atoms with Crippen molar-refractivity contribution in [1.29, 1.82) is 5.26 Å². The predicted octanol–water partition coefficient (Wildman–Crippen LogP) is 2.14. The normalized spacial score (nSPS) is 12.2. The minimum atomic E-state index is -0.641. The molecule has 4 amide bonds. The maximum Gasteiger partial charge on any atom is 0.270 e. The first-order valence-corrected chi connectivity index (χ1v) is 9.98. The van der Waals surface area contributed by atoms with E-state index in [0.717, 1.165) is 11.0 Å². The molecule has 2 aromatic rings. The predicted molar refractivity (Wildman–Crippen MR) is 115 cm³/mol. The smallest absolute Gasteiger partial charge is 0.270 e. The van der Waals surface area contributed by atoms with E-state index in [2.05, 4.69) is 10.6 Å². The van der Waals surface area contributed by atoms with Gasteiger partial charge in [-0.15, -0.1) is 0 Å². The van der Waals surface area contributed by atoms with Gasteiger partial charge < -0.3 is 10.6 Å². The van der Waals surface area contributed by atoms with Crippen LogP contribution in [0.25, 0.3) is 0 Å². The first-order chi connectivity index (χ1) is 15.8. The van der Waals surface area contributed by atoms with Crippen LogP contribution in [0.4, 0.5) is 11.4 Å². The van der Waals surface area contributed by atoms with Gasteiger partial charge in [-0.2, -0.15) is 5.26 Å². The number of hydrogen-bond donors (Lipinski definition) is 2. The summed E-state index contributed by atoms with van der Waals surface area (Å²) in [7, 11) is 0. The number of para-hydroxylation sites is 1. The number of imide groups is 1. The van der Waals surface area contributed by atoms with Gasteiger partial charge in [-0.25, -0.2) is 0 Å². The standard InChI is InChI=1S/C22H19N5O6/c23-10-9-20(29)25-18-5-2-1-4-14(18)13-24-19(28)6-3-11-26-21(30)16-8-7-15(27(32)33)12-17(16)22(26)31/h1-2,4-5,7-8,12H,3,6,9,11,13H2,(H,24,28)(H,25,29). The summed E-state index contributed by atoms with van der Waals surface area (Å²) in [5.74, 6) is -1.95. The van der Waals surface area contributed by atoms with Crippen LogP contribution in [0.2, 0.25) is 0 Å². The van der Waals surface area contributed by atoms with Crippen LogP contribution in [-0.4, -0.2) is 40.0 Å². The molecule has 1 heterocycles. The Labute approximate surface area is 188 Å². The van der Waals surface area contributed by atoms with Crippen molar-refractivity contribution in [2.75, 3.05) is 11.9 Å². The van der Waals surface area contributed by atoms with Gasteiger partial charge in [0.15, 0.2) is 0 Å². The van der Waals surface area contributed by atoms with Gasteiger partial charge in [-0.05, 0) is 24.1 Å². The minimum absolute atomic E-state index is 0.00559. The van der Waals surface area contributed by atoms with Gasteiger partial charge in [0.2, 0.25) is 11.8 Å². The van der Waals surface area contributed by atoms with Crippen LogP contribution in [0.1, 0.15) is 45.5 Å². The molecule has 0 saturated heterocycles. The fraction of sp³-hybridized carbons (Fsp3) is 0.227. The van der Waals surface area contributed by atoms with Crippen LogP contribution in [0.15, 0.2) is 42.5 Å². The Morgan fingerprint density at radius 3 is 2.52 bits per heavy atom. The van der Waals surface area contributed by atoms with Crippen LogP contribution < -0.4 is 10.6 Å². The van der Waals surface area contributed by atoms with E-state index in [1.54, 1.807) is 30.3 Å². The second-order valence-corrected chi connectivity index (χ2v) is 7.17. The maximum atomic E-state index is 12.5. The number of hydrogen-bond acceptors (Lipinski definition) is 7. The van der Waals surface area contributed by atoms with Gasteiger partial charge in [-0.3, -0.25) is 34.2 Å². The third-order valence-corrected chi connectivity index (χ3v) is 4.96. The zero-order valence-corrected chi connectivity index (χ0v) is 17.4. The van der Waals surface area contributed by atoms with E-state index in [4.69, 9.17) is 5.26 Å². The monoisotopic (exact) mass is 449 g/mol. The molecular weight excluding hydrogens is 430 g/mol. The molecule has 2 aromatic carbocycles. The van der Waals surface area contributed by atoms with Gasteiger partial charge in [-0.1, -0.05) is 18.2 Å². The molecule has 1 aliphatic heterocycles. The van der Waals surface area contributed by atoms with E-state index in [-0.39, 0.29) is 55.1 Å². The number of carbonyl (C=O) groups is 4. The molecule has 0 aromatic heterocycles. The summed E-state index contributed by atoms with van der Waals surface area (Å²) in [6, 6.07) is 12.1. The topological polar surface area (TPSA) is 163 Å². The van der Waals surface area contributed by atoms with Crippen molar-refractivity contribution < 1.29 is 24.1 Å². The zero-order chi connectivity index (χ0) is 24.0. The Morgan fingerprint density at radius 1 is 1.06 bits per heavy atom. The number of nitro groups is 1. The van der Waals surface area contributed by atoms with E-state index in [9.17, 15) is 29.3 Å². The molecule has 3 rings (SSSR count). The van der Waals surface area contributed by atoms with Crippen molar-refractivity contribution in [3.63, 3.8) is 0 Å². The number of fused-ring (bicyclic) bond motifs is 1. The number of amides is 4. The van der Waals surface area contributed by atoms with Crippen molar-refractivity contribution in [1.82, 2.24) is 10.2 Å². The van der Waals surface area contributed by atoms with Gasteiger partial charge in [0.1, 0.15) is 6.42 Å². The number of carbonyl (C=O) groups excluding carboxylic acids is 4. The van der Waals surface area contributed by atoms with Crippen LogP contribution in [0, 0.1) is 21.4 Å². The first kappa shape index (κ1) is 23.1. The number of rotatable bonds is 9. The average molecular weight is 449 g/mol. The lowest BCUT2D eigenvalue weighted by Crippen LogP contribution is -2.32. The van der Waals surface area contributed by atoms with Gasteiger partial charge in [0.05, 0.1) is 22.1 Å². The summed E-state index contributed by atoms with van der Waals surface area (Å²) >= 11 is 0. The first-order valence-electron chi connectivity index (χ1n) is 9.98. The third-order valence-electron chi connectivity index (χ3n) is 4.96. The SMILES string of the molecule is N#CCC(=O)Nc1ccccc1CNC(=O)CCCN1C(=O)c2ccc([N+](=O)[O-])cc2C1=O. The second-order valence-electron chi connectivity index (χ2n) is 7.17. The Kier molecular flexibility index (Phi) is 7.10. The Bertz CT molecular complexity index is 1190. The number of nitro benzene ring substituents is 1. The summed E-state index contributed by atoms with van der Waals surface area (Å²) in [6.07, 6.45) is -0.0394. The molecule has 0 radical (unpaired) electrons. The van der Waals surface area contributed by atoms with Gasteiger partial charge in [0, 0.05) is 37.3 Å². The summed E-state index contributed by atoms with van der Waals surface area (Å²) in [5, 5.41) is 24.8. The van der Waals surface area contributed by atoms with Crippen molar-refractivity contribution >= 4 is 35.0 Å². The lowest BCUT2D eigenvalue weighted by Gasteiger charge is -2.14.